The molecule has 17 heavy (non-hydrogen) atoms. The normalized spacial score (nSPS) is 10.8. The molecule has 1 aromatic heterocycles. The number of aromatic nitrogens is 2. The van der Waals surface area contributed by atoms with Gasteiger partial charge in [0.05, 0.1) is 0 Å². The smallest absolute Gasteiger partial charge is 0.265 e. The van der Waals surface area contributed by atoms with Gasteiger partial charge in [-0.3, -0.25) is 0 Å². The van der Waals surface area contributed by atoms with Crippen molar-refractivity contribution in [1.29, 1.82) is 0 Å². The minimum atomic E-state index is -2.57. The third-order valence-electron chi connectivity index (χ3n) is 2.01. The van der Waals surface area contributed by atoms with Crippen LogP contribution in [0.2, 0.25) is 0 Å². The number of nitrogens with two attached hydrogens (primary N) is 1. The van der Waals surface area contributed by atoms with Crippen LogP contribution >= 0.6 is 11.8 Å². The Morgan fingerprint density at radius 2 is 1.88 bits per heavy atom. The zero-order chi connectivity index (χ0) is 12.3. The first-order valence-electron chi connectivity index (χ1n) is 4.79. The molecule has 2 N–H and O–H groups in total. The lowest BCUT2D eigenvalue weighted by Gasteiger charge is -2.08. The van der Waals surface area contributed by atoms with Gasteiger partial charge in [-0.1, -0.05) is 0 Å². The van der Waals surface area contributed by atoms with E-state index in [0.717, 1.165) is 11.8 Å². The lowest BCUT2D eigenvalue weighted by atomic mass is 10.2. The van der Waals surface area contributed by atoms with Crippen molar-refractivity contribution in [3.05, 3.63) is 42.2 Å². The minimum Gasteiger partial charge on any atom is -0.399 e. The topological polar surface area (TPSA) is 51.8 Å². The first kappa shape index (κ1) is 11.8. The van der Waals surface area contributed by atoms with Gasteiger partial charge in [0.1, 0.15) is 0 Å². The number of nitrogen functional groups attached to an aromatic ring is 1. The third-order valence-corrected chi connectivity index (χ3v) is 3.00. The zero-order valence-electron chi connectivity index (χ0n) is 8.68. The van der Waals surface area contributed by atoms with Crippen molar-refractivity contribution in [3.63, 3.8) is 0 Å². The highest BCUT2D eigenvalue weighted by Crippen LogP contribution is 2.34. The van der Waals surface area contributed by atoms with Crippen molar-refractivity contribution in [2.24, 2.45) is 0 Å². The van der Waals surface area contributed by atoms with Crippen LogP contribution in [0.3, 0.4) is 0 Å². The molecular weight excluding hydrogens is 244 g/mol. The number of nitrogens with zero attached hydrogens (tertiary/aromatic N) is 2. The Kier molecular flexibility index (Phi) is 3.53. The van der Waals surface area contributed by atoms with Gasteiger partial charge in [0.2, 0.25) is 0 Å². The van der Waals surface area contributed by atoms with Gasteiger partial charge in [0, 0.05) is 28.5 Å². The number of hydrogen-bond donors (Lipinski definition) is 1. The summed E-state index contributed by atoms with van der Waals surface area (Å²) >= 11 is 1.09. The molecule has 6 heteroatoms. The average Bonchev–Trinajstić information content (AvgIpc) is 2.32. The molecule has 0 spiro atoms. The van der Waals surface area contributed by atoms with Crippen molar-refractivity contribution < 1.29 is 8.78 Å². The predicted molar refractivity (Wildman–Crippen MR) is 62.0 cm³/mol. The molecule has 0 saturated heterocycles. The Balaban J connectivity index is 2.33. The molecule has 0 amide bonds. The fraction of sp³-hybridized carbons (Fsp3) is 0.0909. The maximum atomic E-state index is 12.8. The number of benzene rings is 1. The molecule has 0 aliphatic heterocycles. The molecule has 2 rings (SSSR count). The Morgan fingerprint density at radius 3 is 2.53 bits per heavy atom. The fourth-order valence-electron chi connectivity index (χ4n) is 1.27. The molecule has 3 nitrogen and oxygen atoms in total. The summed E-state index contributed by atoms with van der Waals surface area (Å²) in [5.74, 6) is 0. The van der Waals surface area contributed by atoms with Crippen LogP contribution in [0.5, 0.6) is 0 Å². The second-order valence-electron chi connectivity index (χ2n) is 3.23. The van der Waals surface area contributed by atoms with Crippen molar-refractivity contribution in [3.8, 4) is 0 Å². The molecule has 1 aromatic carbocycles. The van der Waals surface area contributed by atoms with Crippen LogP contribution in [0.25, 0.3) is 0 Å². The lowest BCUT2D eigenvalue weighted by Crippen LogP contribution is -1.93. The van der Waals surface area contributed by atoms with Gasteiger partial charge in [0.15, 0.2) is 5.16 Å². The Bertz CT molecular complexity index is 505. The van der Waals surface area contributed by atoms with Gasteiger partial charge in [-0.05, 0) is 36.0 Å². The number of halogens is 2. The molecule has 0 fully saturated rings. The van der Waals surface area contributed by atoms with E-state index in [4.69, 9.17) is 5.73 Å². The van der Waals surface area contributed by atoms with E-state index in [2.05, 4.69) is 9.97 Å². The fourth-order valence-corrected chi connectivity index (χ4v) is 2.09. The summed E-state index contributed by atoms with van der Waals surface area (Å²) in [5, 5.41) is 0.430. The predicted octanol–water partition coefficient (Wildman–Crippen LogP) is 3.15. The van der Waals surface area contributed by atoms with Gasteiger partial charge >= 0.3 is 0 Å². The van der Waals surface area contributed by atoms with E-state index in [9.17, 15) is 8.78 Å². The van der Waals surface area contributed by atoms with Crippen molar-refractivity contribution in [1.82, 2.24) is 9.97 Å². The van der Waals surface area contributed by atoms with Crippen LogP contribution in [0, 0.1) is 0 Å². The van der Waals surface area contributed by atoms with Gasteiger partial charge in [0.25, 0.3) is 6.43 Å². The summed E-state index contributed by atoms with van der Waals surface area (Å²) in [4.78, 5) is 8.36. The molecule has 0 atom stereocenters. The molecular formula is C11H9F2N3S. The lowest BCUT2D eigenvalue weighted by molar-refractivity contribution is 0.148. The van der Waals surface area contributed by atoms with E-state index < -0.39 is 6.43 Å². The van der Waals surface area contributed by atoms with Crippen LogP contribution in [0.15, 0.2) is 46.7 Å². The van der Waals surface area contributed by atoms with Crippen molar-refractivity contribution >= 4 is 17.4 Å². The van der Waals surface area contributed by atoms with Crippen LogP contribution in [-0.4, -0.2) is 9.97 Å². The highest BCUT2D eigenvalue weighted by atomic mass is 32.2. The number of rotatable bonds is 3. The highest BCUT2D eigenvalue weighted by molar-refractivity contribution is 7.99. The number of alkyl halides is 2. The SMILES string of the molecule is Nc1ccc(Sc2ncccn2)c(C(F)F)c1. The van der Waals surface area contributed by atoms with Crippen LogP contribution < -0.4 is 5.73 Å². The van der Waals surface area contributed by atoms with E-state index in [0.29, 0.717) is 15.7 Å². The summed E-state index contributed by atoms with van der Waals surface area (Å²) in [7, 11) is 0. The molecule has 1 heterocycles. The molecule has 88 valence electrons. The summed E-state index contributed by atoms with van der Waals surface area (Å²) in [6, 6.07) is 6.08. The van der Waals surface area contributed by atoms with Gasteiger partial charge in [-0.25, -0.2) is 18.7 Å². The van der Waals surface area contributed by atoms with Gasteiger partial charge < -0.3 is 5.73 Å². The number of anilines is 1. The van der Waals surface area contributed by atoms with E-state index >= 15 is 0 Å². The van der Waals surface area contributed by atoms with E-state index in [1.54, 1.807) is 30.6 Å². The second kappa shape index (κ2) is 5.09. The summed E-state index contributed by atoms with van der Waals surface area (Å²) in [5.41, 5.74) is 5.71. The van der Waals surface area contributed by atoms with Crippen LogP contribution in [0.1, 0.15) is 12.0 Å². The van der Waals surface area contributed by atoms with Gasteiger partial charge in [-0.2, -0.15) is 0 Å². The molecule has 0 unspecified atom stereocenters. The highest BCUT2D eigenvalue weighted by Gasteiger charge is 2.14. The Labute approximate surface area is 101 Å². The Hall–Kier alpha value is -1.69. The van der Waals surface area contributed by atoms with Crippen LogP contribution in [0.4, 0.5) is 14.5 Å². The van der Waals surface area contributed by atoms with Crippen molar-refractivity contribution in [2.45, 2.75) is 16.5 Å². The van der Waals surface area contributed by atoms with E-state index in [-0.39, 0.29) is 5.56 Å². The molecule has 0 saturated carbocycles. The quantitative estimate of drug-likeness (QED) is 0.674. The molecule has 0 bridgehead atoms. The van der Waals surface area contributed by atoms with E-state index in [1.165, 1.54) is 6.07 Å². The first-order valence-corrected chi connectivity index (χ1v) is 5.61. The summed E-state index contributed by atoms with van der Waals surface area (Å²) in [6.45, 7) is 0. The van der Waals surface area contributed by atoms with Crippen LogP contribution in [-0.2, 0) is 0 Å². The van der Waals surface area contributed by atoms with Gasteiger partial charge in [-0.15, -0.1) is 0 Å². The summed E-state index contributed by atoms with van der Waals surface area (Å²) < 4.78 is 25.6. The van der Waals surface area contributed by atoms with E-state index in [1.807, 2.05) is 0 Å². The first-order chi connectivity index (χ1) is 8.16. The zero-order valence-corrected chi connectivity index (χ0v) is 9.49. The standard InChI is InChI=1S/C11H9F2N3S/c12-10(13)8-6-7(14)2-3-9(8)17-11-15-4-1-5-16-11/h1-6,10H,14H2. The molecule has 2 aromatic rings. The largest absolute Gasteiger partial charge is 0.399 e. The average molecular weight is 253 g/mol. The Morgan fingerprint density at radius 1 is 1.18 bits per heavy atom. The maximum absolute atomic E-state index is 12.8. The minimum absolute atomic E-state index is 0.0950. The van der Waals surface area contributed by atoms with Crippen molar-refractivity contribution in [2.75, 3.05) is 5.73 Å². The second-order valence-corrected chi connectivity index (χ2v) is 4.24. The monoisotopic (exact) mass is 253 g/mol. The molecule has 0 aliphatic carbocycles. The molecule has 0 aliphatic rings. The number of hydrogen-bond acceptors (Lipinski definition) is 4. The third kappa shape index (κ3) is 2.91. The molecule has 0 radical (unpaired) electrons. The summed E-state index contributed by atoms with van der Waals surface area (Å²) in [6.07, 6.45) is 0.563. The maximum Gasteiger partial charge on any atom is 0.265 e.